The van der Waals surface area contributed by atoms with Crippen molar-refractivity contribution < 1.29 is 14.0 Å². The topological polar surface area (TPSA) is 85.3 Å². The molecule has 0 aliphatic carbocycles. The van der Waals surface area contributed by atoms with Crippen LogP contribution in [0.25, 0.3) is 11.0 Å². The average molecular weight is 232 g/mol. The first-order valence-electron chi connectivity index (χ1n) is 5.24. The summed E-state index contributed by atoms with van der Waals surface area (Å²) in [5, 5.41) is 3.30. The molecule has 2 rings (SSSR count). The first-order valence-corrected chi connectivity index (χ1v) is 5.24. The molecular weight excluding hydrogens is 220 g/mol. The Hall–Kier alpha value is -2.30. The van der Waals surface area contributed by atoms with Gasteiger partial charge in [0.25, 0.3) is 5.91 Å². The Bertz CT molecular complexity index is 586. The first-order chi connectivity index (χ1) is 8.13. The molecule has 0 atom stereocenters. The van der Waals surface area contributed by atoms with Crippen LogP contribution in [0.3, 0.4) is 0 Å². The van der Waals surface area contributed by atoms with Crippen molar-refractivity contribution in [1.29, 1.82) is 0 Å². The van der Waals surface area contributed by atoms with Gasteiger partial charge >= 0.3 is 0 Å². The lowest BCUT2D eigenvalue weighted by molar-refractivity contribution is -0.115. The predicted octanol–water partition coefficient (Wildman–Crippen LogP) is 1.88. The van der Waals surface area contributed by atoms with E-state index >= 15 is 0 Å². The Labute approximate surface area is 97.6 Å². The van der Waals surface area contributed by atoms with Crippen LogP contribution in [0.15, 0.2) is 28.7 Å². The van der Waals surface area contributed by atoms with Crippen LogP contribution in [-0.2, 0) is 4.79 Å². The van der Waals surface area contributed by atoms with Gasteiger partial charge in [-0.2, -0.15) is 0 Å². The van der Waals surface area contributed by atoms with E-state index in [1.165, 1.54) is 0 Å². The van der Waals surface area contributed by atoms with Gasteiger partial charge in [0.2, 0.25) is 11.7 Å². The minimum Gasteiger partial charge on any atom is -0.449 e. The van der Waals surface area contributed by atoms with Gasteiger partial charge < -0.3 is 15.5 Å². The Balaban J connectivity index is 2.59. The zero-order valence-corrected chi connectivity index (χ0v) is 9.32. The van der Waals surface area contributed by atoms with Crippen molar-refractivity contribution in [2.45, 2.75) is 13.3 Å². The quantitative estimate of drug-likeness (QED) is 0.847. The fourth-order valence-corrected chi connectivity index (χ4v) is 1.57. The smallest absolute Gasteiger partial charge is 0.286 e. The lowest BCUT2D eigenvalue weighted by Gasteiger charge is -2.02. The van der Waals surface area contributed by atoms with Crippen molar-refractivity contribution in [1.82, 2.24) is 0 Å². The van der Waals surface area contributed by atoms with Gasteiger partial charge in [-0.05, 0) is 12.1 Å². The number of furan rings is 1. The van der Waals surface area contributed by atoms with Gasteiger partial charge in [-0.15, -0.1) is 0 Å². The normalized spacial score (nSPS) is 10.4. The molecule has 1 heterocycles. The number of hydrogen-bond donors (Lipinski definition) is 2. The van der Waals surface area contributed by atoms with Gasteiger partial charge in [-0.25, -0.2) is 0 Å². The molecular formula is C12H12N2O3. The maximum Gasteiger partial charge on any atom is 0.286 e. The minimum absolute atomic E-state index is 0.0204. The number of para-hydroxylation sites is 1. The number of anilines is 1. The second kappa shape index (κ2) is 4.29. The molecule has 17 heavy (non-hydrogen) atoms. The standard InChI is InChI=1S/C12H12N2O3/c1-2-9(15)14-10-7-5-3-4-6-8(7)17-11(10)12(13)16/h3-6H,2H2,1H3,(H2,13,16)(H,14,15). The summed E-state index contributed by atoms with van der Waals surface area (Å²) in [5.74, 6) is -0.917. The monoisotopic (exact) mass is 232 g/mol. The van der Waals surface area contributed by atoms with Gasteiger partial charge in [0.15, 0.2) is 0 Å². The largest absolute Gasteiger partial charge is 0.449 e. The molecule has 2 aromatic rings. The molecule has 0 saturated carbocycles. The van der Waals surface area contributed by atoms with Crippen molar-refractivity contribution in [3.8, 4) is 0 Å². The highest BCUT2D eigenvalue weighted by molar-refractivity contribution is 6.10. The van der Waals surface area contributed by atoms with E-state index in [1.54, 1.807) is 31.2 Å². The molecule has 2 amide bonds. The van der Waals surface area contributed by atoms with Crippen molar-refractivity contribution in [3.63, 3.8) is 0 Å². The van der Waals surface area contributed by atoms with Gasteiger partial charge in [0, 0.05) is 11.8 Å². The van der Waals surface area contributed by atoms with Crippen LogP contribution in [0, 0.1) is 0 Å². The number of primary amides is 1. The number of fused-ring (bicyclic) bond motifs is 1. The van der Waals surface area contributed by atoms with E-state index in [0.717, 1.165) is 0 Å². The number of amides is 2. The second-order valence-electron chi connectivity index (χ2n) is 3.57. The molecule has 0 aliphatic rings. The molecule has 0 aliphatic heterocycles. The Morgan fingerprint density at radius 1 is 1.35 bits per heavy atom. The third-order valence-electron chi connectivity index (χ3n) is 2.40. The van der Waals surface area contributed by atoms with E-state index in [-0.39, 0.29) is 11.7 Å². The van der Waals surface area contributed by atoms with Crippen molar-refractivity contribution in [2.75, 3.05) is 5.32 Å². The summed E-state index contributed by atoms with van der Waals surface area (Å²) < 4.78 is 5.32. The highest BCUT2D eigenvalue weighted by atomic mass is 16.3. The van der Waals surface area contributed by atoms with E-state index < -0.39 is 5.91 Å². The molecule has 0 radical (unpaired) electrons. The zero-order chi connectivity index (χ0) is 12.4. The molecule has 5 heteroatoms. The Morgan fingerprint density at radius 3 is 2.71 bits per heavy atom. The molecule has 0 fully saturated rings. The lowest BCUT2D eigenvalue weighted by atomic mass is 10.2. The number of benzene rings is 1. The molecule has 0 bridgehead atoms. The Kier molecular flexibility index (Phi) is 2.82. The molecule has 5 nitrogen and oxygen atoms in total. The maximum atomic E-state index is 11.4. The summed E-state index contributed by atoms with van der Waals surface area (Å²) in [7, 11) is 0. The number of carbonyl (C=O) groups is 2. The van der Waals surface area contributed by atoms with E-state index in [1.807, 2.05) is 0 Å². The first kappa shape index (κ1) is 11.2. The summed E-state index contributed by atoms with van der Waals surface area (Å²) in [6, 6.07) is 7.05. The summed E-state index contributed by atoms with van der Waals surface area (Å²) in [4.78, 5) is 22.6. The molecule has 3 N–H and O–H groups in total. The summed E-state index contributed by atoms with van der Waals surface area (Å²) in [6.07, 6.45) is 0.317. The van der Waals surface area contributed by atoms with E-state index in [4.69, 9.17) is 10.2 Å². The van der Waals surface area contributed by atoms with Crippen LogP contribution < -0.4 is 11.1 Å². The average Bonchev–Trinajstić information content (AvgIpc) is 2.68. The third kappa shape index (κ3) is 1.99. The number of carbonyl (C=O) groups excluding carboxylic acids is 2. The zero-order valence-electron chi connectivity index (χ0n) is 9.32. The molecule has 88 valence electrons. The highest BCUT2D eigenvalue weighted by Crippen LogP contribution is 2.30. The highest BCUT2D eigenvalue weighted by Gasteiger charge is 2.19. The summed E-state index contributed by atoms with van der Waals surface area (Å²) in [6.45, 7) is 1.72. The number of rotatable bonds is 3. The van der Waals surface area contributed by atoms with Crippen LogP contribution in [0.1, 0.15) is 23.9 Å². The van der Waals surface area contributed by atoms with Crippen molar-refractivity contribution in [3.05, 3.63) is 30.0 Å². The summed E-state index contributed by atoms with van der Waals surface area (Å²) in [5.41, 5.74) is 6.08. The van der Waals surface area contributed by atoms with Crippen molar-refractivity contribution >= 4 is 28.5 Å². The fourth-order valence-electron chi connectivity index (χ4n) is 1.57. The van der Waals surface area contributed by atoms with Gasteiger partial charge in [0.1, 0.15) is 11.3 Å². The van der Waals surface area contributed by atoms with Gasteiger partial charge in [-0.1, -0.05) is 19.1 Å². The lowest BCUT2D eigenvalue weighted by Crippen LogP contribution is -2.16. The second-order valence-corrected chi connectivity index (χ2v) is 3.57. The molecule has 0 unspecified atom stereocenters. The molecule has 1 aromatic heterocycles. The maximum absolute atomic E-state index is 11.4. The van der Waals surface area contributed by atoms with Crippen LogP contribution in [0.4, 0.5) is 5.69 Å². The van der Waals surface area contributed by atoms with Crippen LogP contribution >= 0.6 is 0 Å². The van der Waals surface area contributed by atoms with Crippen molar-refractivity contribution in [2.24, 2.45) is 5.73 Å². The van der Waals surface area contributed by atoms with Gasteiger partial charge in [-0.3, -0.25) is 9.59 Å². The molecule has 0 saturated heterocycles. The van der Waals surface area contributed by atoms with E-state index in [0.29, 0.717) is 23.1 Å². The molecule has 1 aromatic carbocycles. The fraction of sp³-hybridized carbons (Fsp3) is 0.167. The van der Waals surface area contributed by atoms with Crippen LogP contribution in [-0.4, -0.2) is 11.8 Å². The van der Waals surface area contributed by atoms with E-state index in [2.05, 4.69) is 5.32 Å². The third-order valence-corrected chi connectivity index (χ3v) is 2.40. The summed E-state index contributed by atoms with van der Waals surface area (Å²) >= 11 is 0. The van der Waals surface area contributed by atoms with Gasteiger partial charge in [0.05, 0.1) is 0 Å². The number of nitrogens with two attached hydrogens (primary N) is 1. The number of nitrogens with one attached hydrogen (secondary N) is 1. The Morgan fingerprint density at radius 2 is 2.06 bits per heavy atom. The predicted molar refractivity (Wildman–Crippen MR) is 63.7 cm³/mol. The minimum atomic E-state index is -0.701. The SMILES string of the molecule is CCC(=O)Nc1c(C(N)=O)oc2ccccc12. The van der Waals surface area contributed by atoms with Crippen LogP contribution in [0.2, 0.25) is 0 Å². The van der Waals surface area contributed by atoms with E-state index in [9.17, 15) is 9.59 Å². The molecule has 0 spiro atoms. The van der Waals surface area contributed by atoms with Crippen LogP contribution in [0.5, 0.6) is 0 Å². The number of hydrogen-bond acceptors (Lipinski definition) is 3.